The first-order chi connectivity index (χ1) is 12.1. The van der Waals surface area contributed by atoms with Crippen molar-refractivity contribution in [1.82, 2.24) is 10.2 Å². The molecule has 1 heterocycles. The number of piperazine rings is 1. The third-order valence-electron chi connectivity index (χ3n) is 4.32. The van der Waals surface area contributed by atoms with E-state index < -0.39 is 0 Å². The predicted molar refractivity (Wildman–Crippen MR) is 103 cm³/mol. The molecule has 0 aromatic heterocycles. The monoisotopic (exact) mass is 377 g/mol. The number of nitrogens with one attached hydrogen (secondary N) is 1. The van der Waals surface area contributed by atoms with Crippen LogP contribution < -0.4 is 10.2 Å². The van der Waals surface area contributed by atoms with Crippen LogP contribution >= 0.6 is 23.2 Å². The van der Waals surface area contributed by atoms with Crippen LogP contribution in [0.4, 0.5) is 5.69 Å². The summed E-state index contributed by atoms with van der Waals surface area (Å²) in [6.45, 7) is 4.47. The highest BCUT2D eigenvalue weighted by atomic mass is 35.5. The number of carbonyl (C=O) groups is 1. The van der Waals surface area contributed by atoms with Gasteiger partial charge in [-0.25, -0.2) is 0 Å². The maximum absolute atomic E-state index is 12.1. The van der Waals surface area contributed by atoms with Gasteiger partial charge in [-0.2, -0.15) is 0 Å². The smallest absolute Gasteiger partial charge is 0.234 e. The van der Waals surface area contributed by atoms with Crippen LogP contribution in [0.2, 0.25) is 10.0 Å². The van der Waals surface area contributed by atoms with Crippen molar-refractivity contribution in [3.8, 4) is 0 Å². The quantitative estimate of drug-likeness (QED) is 0.866. The molecule has 1 aliphatic rings. The molecule has 1 aliphatic heterocycles. The van der Waals surface area contributed by atoms with E-state index >= 15 is 0 Å². The first kappa shape index (κ1) is 18.1. The number of halogens is 2. The van der Waals surface area contributed by atoms with Gasteiger partial charge in [-0.3, -0.25) is 9.69 Å². The Morgan fingerprint density at radius 1 is 0.960 bits per heavy atom. The van der Waals surface area contributed by atoms with E-state index in [2.05, 4.69) is 21.2 Å². The van der Waals surface area contributed by atoms with E-state index in [9.17, 15) is 4.79 Å². The zero-order chi connectivity index (χ0) is 17.6. The highest BCUT2D eigenvalue weighted by Crippen LogP contribution is 2.20. The van der Waals surface area contributed by atoms with Crippen molar-refractivity contribution in [1.29, 1.82) is 0 Å². The SMILES string of the molecule is O=C(CN1CCN(c2cccc(Cl)c2)CC1)NCc1ccc(Cl)cc1. The number of carbonyl (C=O) groups excluding carboxylic acids is 1. The molecular weight excluding hydrogens is 357 g/mol. The molecule has 0 aliphatic carbocycles. The van der Waals surface area contributed by atoms with Crippen molar-refractivity contribution in [3.63, 3.8) is 0 Å². The average molecular weight is 378 g/mol. The first-order valence-corrected chi connectivity index (χ1v) is 9.10. The Morgan fingerprint density at radius 2 is 1.68 bits per heavy atom. The molecule has 25 heavy (non-hydrogen) atoms. The summed E-state index contributed by atoms with van der Waals surface area (Å²) in [5.41, 5.74) is 2.18. The number of nitrogens with zero attached hydrogens (tertiary/aromatic N) is 2. The van der Waals surface area contributed by atoms with Crippen LogP contribution in [0.15, 0.2) is 48.5 Å². The van der Waals surface area contributed by atoms with E-state index in [1.807, 2.05) is 42.5 Å². The molecule has 4 nitrogen and oxygen atoms in total. The van der Waals surface area contributed by atoms with Crippen LogP contribution in [-0.4, -0.2) is 43.5 Å². The number of benzene rings is 2. The first-order valence-electron chi connectivity index (χ1n) is 8.34. The van der Waals surface area contributed by atoms with Crippen molar-refractivity contribution < 1.29 is 4.79 Å². The van der Waals surface area contributed by atoms with Crippen LogP contribution in [0.1, 0.15) is 5.56 Å². The van der Waals surface area contributed by atoms with E-state index in [0.29, 0.717) is 18.1 Å². The van der Waals surface area contributed by atoms with Crippen molar-refractivity contribution in [3.05, 3.63) is 64.1 Å². The molecule has 1 fully saturated rings. The minimum atomic E-state index is 0.0474. The highest BCUT2D eigenvalue weighted by molar-refractivity contribution is 6.31. The van der Waals surface area contributed by atoms with Gasteiger partial charge in [0.05, 0.1) is 6.54 Å². The Kier molecular flexibility index (Phi) is 6.19. The maximum atomic E-state index is 12.1. The van der Waals surface area contributed by atoms with Crippen LogP contribution in [0.25, 0.3) is 0 Å². The van der Waals surface area contributed by atoms with Gasteiger partial charge in [0.15, 0.2) is 0 Å². The summed E-state index contributed by atoms with van der Waals surface area (Å²) in [4.78, 5) is 16.6. The van der Waals surface area contributed by atoms with E-state index in [1.54, 1.807) is 0 Å². The Hall–Kier alpha value is -1.75. The molecule has 2 aromatic carbocycles. The summed E-state index contributed by atoms with van der Waals surface area (Å²) in [6.07, 6.45) is 0. The van der Waals surface area contributed by atoms with Gasteiger partial charge in [-0.05, 0) is 35.9 Å². The number of amides is 1. The van der Waals surface area contributed by atoms with Gasteiger partial charge in [0, 0.05) is 48.5 Å². The molecule has 3 rings (SSSR count). The molecule has 0 atom stereocenters. The predicted octanol–water partition coefficient (Wildman–Crippen LogP) is 3.43. The molecule has 0 bridgehead atoms. The fourth-order valence-electron chi connectivity index (χ4n) is 2.90. The lowest BCUT2D eigenvalue weighted by molar-refractivity contribution is -0.122. The molecule has 0 radical (unpaired) electrons. The summed E-state index contributed by atoms with van der Waals surface area (Å²) in [5.74, 6) is 0.0474. The summed E-state index contributed by atoms with van der Waals surface area (Å²) in [6, 6.07) is 15.4. The number of hydrogen-bond donors (Lipinski definition) is 1. The van der Waals surface area contributed by atoms with E-state index in [4.69, 9.17) is 23.2 Å². The lowest BCUT2D eigenvalue weighted by atomic mass is 10.2. The third-order valence-corrected chi connectivity index (χ3v) is 4.80. The molecule has 132 valence electrons. The van der Waals surface area contributed by atoms with E-state index in [0.717, 1.165) is 42.5 Å². The summed E-state index contributed by atoms with van der Waals surface area (Å²) >= 11 is 11.9. The Morgan fingerprint density at radius 3 is 2.36 bits per heavy atom. The van der Waals surface area contributed by atoms with Crippen molar-refractivity contribution in [2.24, 2.45) is 0 Å². The number of rotatable bonds is 5. The van der Waals surface area contributed by atoms with Gasteiger partial charge < -0.3 is 10.2 Å². The van der Waals surface area contributed by atoms with Gasteiger partial charge in [-0.15, -0.1) is 0 Å². The van der Waals surface area contributed by atoms with Crippen molar-refractivity contribution in [2.75, 3.05) is 37.6 Å². The molecule has 0 spiro atoms. The van der Waals surface area contributed by atoms with Gasteiger partial charge in [0.1, 0.15) is 0 Å². The normalized spacial score (nSPS) is 15.2. The Labute approximate surface area is 158 Å². The van der Waals surface area contributed by atoms with E-state index in [1.165, 1.54) is 0 Å². The standard InChI is InChI=1S/C19H21Cl2N3O/c20-16-6-4-15(5-7-16)13-22-19(25)14-23-8-10-24(11-9-23)18-3-1-2-17(21)12-18/h1-7,12H,8-11,13-14H2,(H,22,25). The molecule has 0 saturated carbocycles. The molecule has 2 aromatic rings. The Balaban J connectivity index is 1.42. The van der Waals surface area contributed by atoms with Crippen LogP contribution in [-0.2, 0) is 11.3 Å². The zero-order valence-corrected chi connectivity index (χ0v) is 15.4. The second-order valence-electron chi connectivity index (χ2n) is 6.15. The molecule has 1 amide bonds. The average Bonchev–Trinajstić information content (AvgIpc) is 2.62. The van der Waals surface area contributed by atoms with Gasteiger partial charge in [0.2, 0.25) is 5.91 Å². The zero-order valence-electron chi connectivity index (χ0n) is 13.9. The van der Waals surface area contributed by atoms with E-state index in [-0.39, 0.29) is 5.91 Å². The van der Waals surface area contributed by atoms with Crippen molar-refractivity contribution >= 4 is 34.8 Å². The fraction of sp³-hybridized carbons (Fsp3) is 0.316. The lowest BCUT2D eigenvalue weighted by Gasteiger charge is -2.35. The second-order valence-corrected chi connectivity index (χ2v) is 7.02. The largest absolute Gasteiger partial charge is 0.369 e. The summed E-state index contributed by atoms with van der Waals surface area (Å²) in [7, 11) is 0. The second kappa shape index (κ2) is 8.56. The highest BCUT2D eigenvalue weighted by Gasteiger charge is 2.19. The summed E-state index contributed by atoms with van der Waals surface area (Å²) < 4.78 is 0. The Bertz CT molecular complexity index is 713. The number of anilines is 1. The lowest BCUT2D eigenvalue weighted by Crippen LogP contribution is -2.49. The van der Waals surface area contributed by atoms with Crippen LogP contribution in [0.5, 0.6) is 0 Å². The minimum absolute atomic E-state index is 0.0474. The molecule has 6 heteroatoms. The molecule has 0 unspecified atom stereocenters. The summed E-state index contributed by atoms with van der Waals surface area (Å²) in [5, 5.41) is 4.41. The fourth-order valence-corrected chi connectivity index (χ4v) is 3.21. The van der Waals surface area contributed by atoms with Gasteiger partial charge in [0.25, 0.3) is 0 Å². The van der Waals surface area contributed by atoms with Crippen LogP contribution in [0.3, 0.4) is 0 Å². The van der Waals surface area contributed by atoms with Crippen molar-refractivity contribution in [2.45, 2.75) is 6.54 Å². The minimum Gasteiger partial charge on any atom is -0.369 e. The molecule has 1 N–H and O–H groups in total. The number of hydrogen-bond acceptors (Lipinski definition) is 3. The topological polar surface area (TPSA) is 35.6 Å². The third kappa shape index (κ3) is 5.36. The molecule has 1 saturated heterocycles. The van der Waals surface area contributed by atoms with Crippen LogP contribution in [0, 0.1) is 0 Å². The van der Waals surface area contributed by atoms with Gasteiger partial charge in [-0.1, -0.05) is 41.4 Å². The van der Waals surface area contributed by atoms with Gasteiger partial charge >= 0.3 is 0 Å². The molecular formula is C19H21Cl2N3O. The maximum Gasteiger partial charge on any atom is 0.234 e.